The van der Waals surface area contributed by atoms with Crippen LogP contribution in [0.25, 0.3) is 6.08 Å². The molecular formula is C15H14N2O2S. The van der Waals surface area contributed by atoms with Gasteiger partial charge in [0.2, 0.25) is 0 Å². The maximum atomic E-state index is 11.9. The smallest absolute Gasteiger partial charge is 0.268 e. The van der Waals surface area contributed by atoms with Gasteiger partial charge in [-0.1, -0.05) is 24.3 Å². The number of hydrogen-bond donors (Lipinski definition) is 2. The van der Waals surface area contributed by atoms with E-state index in [1.807, 2.05) is 36.6 Å². The molecule has 2 rings (SSSR count). The number of hydrogen-bond acceptors (Lipinski definition) is 3. The molecule has 0 atom stereocenters. The summed E-state index contributed by atoms with van der Waals surface area (Å²) >= 11 is 1.53. The van der Waals surface area contributed by atoms with E-state index in [0.29, 0.717) is 5.56 Å². The highest BCUT2D eigenvalue weighted by Gasteiger charge is 2.07. The Morgan fingerprint density at radius 3 is 2.60 bits per heavy atom. The van der Waals surface area contributed by atoms with Gasteiger partial charge in [0.25, 0.3) is 11.8 Å². The third kappa shape index (κ3) is 3.80. The summed E-state index contributed by atoms with van der Waals surface area (Å²) in [5, 5.41) is 1.93. The molecule has 0 aliphatic heterocycles. The summed E-state index contributed by atoms with van der Waals surface area (Å²) in [5.41, 5.74) is 6.13. The number of nitrogens with one attached hydrogen (secondary N) is 2. The van der Waals surface area contributed by atoms with Gasteiger partial charge in [0, 0.05) is 16.5 Å². The summed E-state index contributed by atoms with van der Waals surface area (Å²) in [6, 6.07) is 11.0. The number of thiophene rings is 1. The van der Waals surface area contributed by atoms with Crippen molar-refractivity contribution >= 4 is 29.2 Å². The Balaban J connectivity index is 1.87. The lowest BCUT2D eigenvalue weighted by atomic mass is 10.1. The molecule has 2 N–H and O–H groups in total. The average Bonchev–Trinajstić information content (AvgIpc) is 2.96. The topological polar surface area (TPSA) is 58.2 Å². The summed E-state index contributed by atoms with van der Waals surface area (Å²) in [6.07, 6.45) is 3.07. The van der Waals surface area contributed by atoms with E-state index in [1.54, 1.807) is 18.2 Å². The fraction of sp³-hybridized carbons (Fsp3) is 0.0667. The molecule has 1 aromatic heterocycles. The maximum Gasteiger partial charge on any atom is 0.269 e. The van der Waals surface area contributed by atoms with Gasteiger partial charge in [-0.3, -0.25) is 20.4 Å². The van der Waals surface area contributed by atoms with Gasteiger partial charge in [0.05, 0.1) is 0 Å². The van der Waals surface area contributed by atoms with Crippen LogP contribution in [0.15, 0.2) is 47.9 Å². The molecule has 4 nitrogen and oxygen atoms in total. The van der Waals surface area contributed by atoms with Crippen LogP contribution in [-0.2, 0) is 4.79 Å². The molecule has 0 aliphatic rings. The summed E-state index contributed by atoms with van der Waals surface area (Å²) in [6.45, 7) is 1.84. The minimum Gasteiger partial charge on any atom is -0.268 e. The van der Waals surface area contributed by atoms with Crippen molar-refractivity contribution in [3.63, 3.8) is 0 Å². The van der Waals surface area contributed by atoms with Crippen molar-refractivity contribution in [1.82, 2.24) is 10.9 Å². The highest BCUT2D eigenvalue weighted by atomic mass is 32.1. The zero-order valence-electron chi connectivity index (χ0n) is 10.9. The molecule has 0 spiro atoms. The second-order valence-corrected chi connectivity index (χ2v) is 5.09. The first kappa shape index (κ1) is 14.0. The van der Waals surface area contributed by atoms with Crippen LogP contribution in [0.1, 0.15) is 20.8 Å². The lowest BCUT2D eigenvalue weighted by molar-refractivity contribution is -0.117. The number of amides is 2. The number of hydrazine groups is 1. The van der Waals surface area contributed by atoms with E-state index in [4.69, 9.17) is 0 Å². The number of carbonyl (C=O) groups excluding carboxylic acids is 2. The van der Waals surface area contributed by atoms with E-state index in [0.717, 1.165) is 10.4 Å². The maximum absolute atomic E-state index is 11.9. The summed E-state index contributed by atoms with van der Waals surface area (Å²) in [7, 11) is 0. The second kappa shape index (κ2) is 6.68. The Labute approximate surface area is 121 Å². The quantitative estimate of drug-likeness (QED) is 0.673. The van der Waals surface area contributed by atoms with Crippen LogP contribution >= 0.6 is 11.3 Å². The van der Waals surface area contributed by atoms with Gasteiger partial charge in [-0.15, -0.1) is 11.3 Å². The number of benzene rings is 1. The molecule has 102 valence electrons. The molecule has 1 heterocycles. The Morgan fingerprint density at radius 1 is 1.10 bits per heavy atom. The molecule has 0 aliphatic carbocycles. The lowest BCUT2D eigenvalue weighted by Crippen LogP contribution is -2.41. The first-order valence-electron chi connectivity index (χ1n) is 6.04. The molecule has 0 unspecified atom stereocenters. The molecule has 0 saturated carbocycles. The van der Waals surface area contributed by atoms with Gasteiger partial charge in [0.15, 0.2) is 0 Å². The first-order valence-corrected chi connectivity index (χ1v) is 6.92. The molecule has 0 bridgehead atoms. The largest absolute Gasteiger partial charge is 0.269 e. The van der Waals surface area contributed by atoms with Gasteiger partial charge in [-0.2, -0.15) is 0 Å². The number of rotatable bonds is 3. The summed E-state index contributed by atoms with van der Waals surface area (Å²) in [4.78, 5) is 24.4. The van der Waals surface area contributed by atoms with Gasteiger partial charge in [-0.25, -0.2) is 0 Å². The highest BCUT2D eigenvalue weighted by molar-refractivity contribution is 7.10. The average molecular weight is 286 g/mol. The Kier molecular flexibility index (Phi) is 4.68. The van der Waals surface area contributed by atoms with Crippen LogP contribution in [0.5, 0.6) is 0 Å². The summed E-state index contributed by atoms with van der Waals surface area (Å²) < 4.78 is 0. The van der Waals surface area contributed by atoms with Gasteiger partial charge in [-0.05, 0) is 36.1 Å². The van der Waals surface area contributed by atoms with Crippen molar-refractivity contribution in [2.75, 3.05) is 0 Å². The Morgan fingerprint density at radius 2 is 1.90 bits per heavy atom. The summed E-state index contributed by atoms with van der Waals surface area (Å²) in [5.74, 6) is -0.707. The second-order valence-electron chi connectivity index (χ2n) is 4.11. The third-order valence-electron chi connectivity index (χ3n) is 2.63. The van der Waals surface area contributed by atoms with E-state index in [1.165, 1.54) is 17.4 Å². The molecule has 2 aromatic rings. The van der Waals surface area contributed by atoms with Crippen molar-refractivity contribution in [3.8, 4) is 0 Å². The zero-order chi connectivity index (χ0) is 14.4. The monoisotopic (exact) mass is 286 g/mol. The minimum absolute atomic E-state index is 0.332. The van der Waals surface area contributed by atoms with Crippen molar-refractivity contribution < 1.29 is 9.59 Å². The van der Waals surface area contributed by atoms with Crippen molar-refractivity contribution in [3.05, 3.63) is 63.9 Å². The fourth-order valence-electron chi connectivity index (χ4n) is 1.60. The molecule has 0 fully saturated rings. The van der Waals surface area contributed by atoms with E-state index in [2.05, 4.69) is 10.9 Å². The van der Waals surface area contributed by atoms with E-state index in [-0.39, 0.29) is 11.8 Å². The van der Waals surface area contributed by atoms with E-state index >= 15 is 0 Å². The highest BCUT2D eigenvalue weighted by Crippen LogP contribution is 2.09. The van der Waals surface area contributed by atoms with Gasteiger partial charge in [0.1, 0.15) is 0 Å². The predicted octanol–water partition coefficient (Wildman–Crippen LogP) is 2.53. The standard InChI is InChI=1S/C15H14N2O2S/c1-11-5-2-3-7-13(11)15(19)17-16-14(18)9-8-12-6-4-10-20-12/h2-10H,1H3,(H,16,18)(H,17,19)/b9-8+. The van der Waals surface area contributed by atoms with Gasteiger partial charge < -0.3 is 0 Å². The molecule has 20 heavy (non-hydrogen) atoms. The Bertz CT molecular complexity index is 633. The number of aryl methyl sites for hydroxylation is 1. The molecule has 2 amide bonds. The van der Waals surface area contributed by atoms with Crippen LogP contribution in [0, 0.1) is 6.92 Å². The minimum atomic E-state index is -0.375. The van der Waals surface area contributed by atoms with E-state index in [9.17, 15) is 9.59 Å². The SMILES string of the molecule is Cc1ccccc1C(=O)NNC(=O)/C=C/c1cccs1. The molecule has 0 saturated heterocycles. The Hall–Kier alpha value is -2.40. The third-order valence-corrected chi connectivity index (χ3v) is 3.47. The van der Waals surface area contributed by atoms with Crippen LogP contribution in [0.2, 0.25) is 0 Å². The zero-order valence-corrected chi connectivity index (χ0v) is 11.7. The van der Waals surface area contributed by atoms with E-state index < -0.39 is 0 Å². The predicted molar refractivity (Wildman–Crippen MR) is 80.1 cm³/mol. The molecule has 0 radical (unpaired) electrons. The molecular weight excluding hydrogens is 272 g/mol. The van der Waals surface area contributed by atoms with Gasteiger partial charge >= 0.3 is 0 Å². The lowest BCUT2D eigenvalue weighted by Gasteiger charge is -2.07. The van der Waals surface area contributed by atoms with Crippen LogP contribution < -0.4 is 10.9 Å². The van der Waals surface area contributed by atoms with Crippen molar-refractivity contribution in [2.45, 2.75) is 6.92 Å². The molecule has 5 heteroatoms. The van der Waals surface area contributed by atoms with Crippen molar-refractivity contribution in [1.29, 1.82) is 0 Å². The van der Waals surface area contributed by atoms with Crippen LogP contribution in [-0.4, -0.2) is 11.8 Å². The van der Waals surface area contributed by atoms with Crippen LogP contribution in [0.4, 0.5) is 0 Å². The van der Waals surface area contributed by atoms with Crippen molar-refractivity contribution in [2.24, 2.45) is 0 Å². The normalized spacial score (nSPS) is 10.4. The number of carbonyl (C=O) groups is 2. The first-order chi connectivity index (χ1) is 9.66. The fourth-order valence-corrected chi connectivity index (χ4v) is 2.22. The molecule has 1 aromatic carbocycles. The van der Waals surface area contributed by atoms with Crippen LogP contribution in [0.3, 0.4) is 0 Å².